The zero-order valence-corrected chi connectivity index (χ0v) is 5.75. The van der Waals surface area contributed by atoms with Gasteiger partial charge in [0.1, 0.15) is 12.5 Å². The van der Waals surface area contributed by atoms with Crippen LogP contribution in [0.25, 0.3) is 0 Å². The monoisotopic (exact) mass is 161 g/mol. The van der Waals surface area contributed by atoms with Gasteiger partial charge in [-0.2, -0.15) is 0 Å². The number of hydrogen-bond acceptors (Lipinski definition) is 5. The van der Waals surface area contributed by atoms with E-state index in [1.807, 2.05) is 0 Å². The van der Waals surface area contributed by atoms with Crippen molar-refractivity contribution in [2.75, 3.05) is 0 Å². The molecule has 5 heteroatoms. The molecule has 11 heavy (non-hydrogen) atoms. The van der Waals surface area contributed by atoms with Crippen molar-refractivity contribution in [1.82, 2.24) is 5.32 Å². The molecule has 0 fully saturated rings. The van der Waals surface area contributed by atoms with Gasteiger partial charge in [0.2, 0.25) is 0 Å². The van der Waals surface area contributed by atoms with Crippen LogP contribution in [-0.2, 0) is 0 Å². The van der Waals surface area contributed by atoms with E-state index < -0.39 is 12.5 Å². The lowest BCUT2D eigenvalue weighted by molar-refractivity contribution is 0.0924. The summed E-state index contributed by atoms with van der Waals surface area (Å²) in [6.45, 7) is 0. The topological polar surface area (TPSA) is 93.0 Å². The van der Waals surface area contributed by atoms with Crippen LogP contribution in [0.3, 0.4) is 0 Å². The summed E-state index contributed by atoms with van der Waals surface area (Å²) >= 11 is 0. The Morgan fingerprint density at radius 2 is 1.27 bits per heavy atom. The second-order valence-electron chi connectivity index (χ2n) is 1.74. The van der Waals surface area contributed by atoms with Crippen molar-refractivity contribution in [2.45, 2.75) is 12.5 Å². The molecule has 5 N–H and O–H groups in total. The van der Waals surface area contributed by atoms with E-state index in [4.69, 9.17) is 20.4 Å². The number of nitrogens with one attached hydrogen (secondary N) is 1. The smallest absolute Gasteiger partial charge is 0.129 e. The van der Waals surface area contributed by atoms with Gasteiger partial charge < -0.3 is 20.4 Å². The standard InChI is InChI=1S/C6H11NO4/c8-3-1-5(10)7-6(11)2-4-9/h1-11H. The molecule has 0 heterocycles. The van der Waals surface area contributed by atoms with Crippen LogP contribution in [0.15, 0.2) is 24.7 Å². The Labute approximate surface area is 63.9 Å². The Kier molecular flexibility index (Phi) is 5.18. The average molecular weight is 161 g/mol. The molecule has 0 saturated carbocycles. The van der Waals surface area contributed by atoms with Crippen molar-refractivity contribution in [3.63, 3.8) is 0 Å². The van der Waals surface area contributed by atoms with Gasteiger partial charge in [0.25, 0.3) is 0 Å². The van der Waals surface area contributed by atoms with Crippen molar-refractivity contribution in [3.8, 4) is 0 Å². The molecule has 0 aromatic rings. The van der Waals surface area contributed by atoms with Crippen LogP contribution < -0.4 is 5.32 Å². The molecule has 0 rings (SSSR count). The van der Waals surface area contributed by atoms with Crippen LogP contribution in [0, 0.1) is 0 Å². The van der Waals surface area contributed by atoms with Crippen LogP contribution >= 0.6 is 0 Å². The maximum Gasteiger partial charge on any atom is 0.129 e. The maximum atomic E-state index is 8.81. The minimum atomic E-state index is -1.15. The van der Waals surface area contributed by atoms with E-state index in [1.54, 1.807) is 0 Å². The van der Waals surface area contributed by atoms with Crippen LogP contribution in [0.2, 0.25) is 0 Å². The third-order valence-corrected chi connectivity index (χ3v) is 0.878. The number of aliphatic hydroxyl groups is 4. The highest BCUT2D eigenvalue weighted by Gasteiger charge is 2.02. The lowest BCUT2D eigenvalue weighted by atomic mass is 10.4. The molecule has 0 aromatic heterocycles. The predicted octanol–water partition coefficient (Wildman–Crippen LogP) is -0.644. The van der Waals surface area contributed by atoms with Gasteiger partial charge in [-0.3, -0.25) is 5.32 Å². The molecule has 5 nitrogen and oxygen atoms in total. The van der Waals surface area contributed by atoms with Gasteiger partial charge in [-0.15, -0.1) is 0 Å². The molecule has 0 aliphatic carbocycles. The van der Waals surface area contributed by atoms with E-state index in [9.17, 15) is 0 Å². The van der Waals surface area contributed by atoms with Gasteiger partial charge >= 0.3 is 0 Å². The highest BCUT2D eigenvalue weighted by Crippen LogP contribution is 1.84. The Morgan fingerprint density at radius 3 is 1.55 bits per heavy atom. The predicted molar refractivity (Wildman–Crippen MR) is 38.7 cm³/mol. The molecule has 0 amide bonds. The summed E-state index contributed by atoms with van der Waals surface area (Å²) in [6, 6.07) is 0. The number of aliphatic hydroxyl groups excluding tert-OH is 4. The van der Waals surface area contributed by atoms with E-state index >= 15 is 0 Å². The first kappa shape index (κ1) is 9.96. The number of hydrogen-bond donors (Lipinski definition) is 5. The van der Waals surface area contributed by atoms with Crippen LogP contribution in [0.1, 0.15) is 0 Å². The van der Waals surface area contributed by atoms with Gasteiger partial charge in [-0.05, 0) is 12.2 Å². The minimum Gasteiger partial charge on any atom is -0.516 e. The van der Waals surface area contributed by atoms with Crippen molar-refractivity contribution >= 4 is 0 Å². The first-order valence-electron chi connectivity index (χ1n) is 2.94. The summed E-state index contributed by atoms with van der Waals surface area (Å²) in [4.78, 5) is 0. The van der Waals surface area contributed by atoms with Crippen molar-refractivity contribution in [1.29, 1.82) is 0 Å². The second kappa shape index (κ2) is 5.72. The van der Waals surface area contributed by atoms with Crippen LogP contribution in [0.5, 0.6) is 0 Å². The van der Waals surface area contributed by atoms with Crippen LogP contribution in [0.4, 0.5) is 0 Å². The molecule has 0 aliphatic heterocycles. The molecule has 64 valence electrons. The summed E-state index contributed by atoms with van der Waals surface area (Å²) in [5, 5.41) is 36.1. The summed E-state index contributed by atoms with van der Waals surface area (Å²) in [7, 11) is 0. The van der Waals surface area contributed by atoms with Gasteiger partial charge in [0.05, 0.1) is 12.5 Å². The lowest BCUT2D eigenvalue weighted by Gasteiger charge is -2.10. The maximum absolute atomic E-state index is 8.81. The molecule has 0 spiro atoms. The SMILES string of the molecule is OC=CC(O)NC(O)C=CO. The third kappa shape index (κ3) is 5.41. The zero-order valence-electron chi connectivity index (χ0n) is 5.75. The number of rotatable bonds is 4. The third-order valence-electron chi connectivity index (χ3n) is 0.878. The summed E-state index contributed by atoms with van der Waals surface area (Å²) in [6.07, 6.45) is 1.04. The Bertz CT molecular complexity index is 130. The molecule has 0 aromatic carbocycles. The Balaban J connectivity index is 3.65. The fourth-order valence-corrected chi connectivity index (χ4v) is 0.449. The van der Waals surface area contributed by atoms with Gasteiger partial charge in [-0.25, -0.2) is 0 Å². The first-order valence-corrected chi connectivity index (χ1v) is 2.94. The normalized spacial score (nSPS) is 17.6. The van der Waals surface area contributed by atoms with Gasteiger partial charge in [0, 0.05) is 0 Å². The first-order chi connectivity index (χ1) is 5.20. The summed E-state index contributed by atoms with van der Waals surface area (Å²) in [5.74, 6) is 0. The molecule has 0 saturated heterocycles. The van der Waals surface area contributed by atoms with Gasteiger partial charge in [-0.1, -0.05) is 0 Å². The van der Waals surface area contributed by atoms with Crippen molar-refractivity contribution in [2.24, 2.45) is 0 Å². The average Bonchev–Trinajstić information content (AvgIpc) is 1.87. The van der Waals surface area contributed by atoms with E-state index in [0.29, 0.717) is 12.5 Å². The van der Waals surface area contributed by atoms with Gasteiger partial charge in [0.15, 0.2) is 0 Å². The van der Waals surface area contributed by atoms with Crippen molar-refractivity contribution < 1.29 is 20.4 Å². The molecule has 2 unspecified atom stereocenters. The molecule has 2 atom stereocenters. The molecule has 0 aliphatic rings. The quantitative estimate of drug-likeness (QED) is 0.279. The van der Waals surface area contributed by atoms with E-state index in [-0.39, 0.29) is 0 Å². The highest BCUT2D eigenvalue weighted by molar-refractivity contribution is 4.86. The summed E-state index contributed by atoms with van der Waals surface area (Å²) < 4.78 is 0. The van der Waals surface area contributed by atoms with E-state index in [0.717, 1.165) is 12.2 Å². The Morgan fingerprint density at radius 1 is 0.909 bits per heavy atom. The zero-order chi connectivity index (χ0) is 8.69. The highest BCUT2D eigenvalue weighted by atomic mass is 16.3. The molecular weight excluding hydrogens is 150 g/mol. The fourth-order valence-electron chi connectivity index (χ4n) is 0.449. The lowest BCUT2D eigenvalue weighted by Crippen LogP contribution is -2.35. The molecular formula is C6H11NO4. The largest absolute Gasteiger partial charge is 0.516 e. The molecule has 0 bridgehead atoms. The van der Waals surface area contributed by atoms with E-state index in [2.05, 4.69) is 5.32 Å². The minimum absolute atomic E-state index is 0.646. The fraction of sp³-hybridized carbons (Fsp3) is 0.333. The molecule has 0 radical (unpaired) electrons. The van der Waals surface area contributed by atoms with E-state index in [1.165, 1.54) is 0 Å². The summed E-state index contributed by atoms with van der Waals surface area (Å²) in [5.41, 5.74) is 0. The van der Waals surface area contributed by atoms with Crippen LogP contribution in [-0.4, -0.2) is 32.9 Å². The second-order valence-corrected chi connectivity index (χ2v) is 1.74. The van der Waals surface area contributed by atoms with Crippen molar-refractivity contribution in [3.05, 3.63) is 24.7 Å². The Hall–Kier alpha value is -1.04.